The van der Waals surface area contributed by atoms with Gasteiger partial charge in [0.25, 0.3) is 11.5 Å². The predicted octanol–water partition coefficient (Wildman–Crippen LogP) is 2.25. The number of hydrogen-bond donors (Lipinski definition) is 1. The van der Waals surface area contributed by atoms with Crippen molar-refractivity contribution in [3.8, 4) is 0 Å². The second kappa shape index (κ2) is 5.88. The Morgan fingerprint density at radius 1 is 1.16 bits per heavy atom. The number of nitrogens with zero attached hydrogens (tertiary/aromatic N) is 3. The van der Waals surface area contributed by atoms with Gasteiger partial charge in [-0.2, -0.15) is 0 Å². The van der Waals surface area contributed by atoms with E-state index >= 15 is 0 Å². The first-order chi connectivity index (χ1) is 11.7. The zero-order valence-corrected chi connectivity index (χ0v) is 15.1. The van der Waals surface area contributed by atoms with E-state index in [-0.39, 0.29) is 11.5 Å². The van der Waals surface area contributed by atoms with Crippen LogP contribution in [0.1, 0.15) is 35.5 Å². The zero-order valence-electron chi connectivity index (χ0n) is 15.1. The Labute approximate surface area is 146 Å². The molecular formula is C19H22N4O2. The number of aromatic nitrogens is 3. The lowest BCUT2D eigenvalue weighted by molar-refractivity contribution is 0.0912. The summed E-state index contributed by atoms with van der Waals surface area (Å²) in [6.07, 6.45) is 5.19. The fourth-order valence-electron chi connectivity index (χ4n) is 3.22. The van der Waals surface area contributed by atoms with Crippen molar-refractivity contribution in [1.82, 2.24) is 19.4 Å². The molecule has 0 aliphatic rings. The molecule has 0 saturated heterocycles. The van der Waals surface area contributed by atoms with E-state index in [1.54, 1.807) is 25.6 Å². The zero-order chi connectivity index (χ0) is 18.4. The summed E-state index contributed by atoms with van der Waals surface area (Å²) in [5, 5.41) is 3.44. The number of carbonyl (C=O) groups excluding carboxylic acids is 1. The third-order valence-corrected chi connectivity index (χ3v) is 4.45. The lowest BCUT2D eigenvalue weighted by Gasteiger charge is -2.25. The van der Waals surface area contributed by atoms with E-state index in [2.05, 4.69) is 10.3 Å². The molecule has 25 heavy (non-hydrogen) atoms. The van der Waals surface area contributed by atoms with Crippen molar-refractivity contribution in [2.45, 2.75) is 26.3 Å². The molecule has 3 aromatic heterocycles. The molecule has 0 aromatic carbocycles. The fourth-order valence-corrected chi connectivity index (χ4v) is 3.22. The van der Waals surface area contributed by atoms with E-state index in [4.69, 9.17) is 0 Å². The van der Waals surface area contributed by atoms with Crippen LogP contribution in [0, 0.1) is 6.92 Å². The fraction of sp³-hybridized carbons (Fsp3) is 0.316. The van der Waals surface area contributed by atoms with Gasteiger partial charge in [-0.05, 0) is 38.5 Å². The Morgan fingerprint density at radius 2 is 1.88 bits per heavy atom. The molecule has 3 rings (SSSR count). The van der Waals surface area contributed by atoms with Gasteiger partial charge in [0.1, 0.15) is 0 Å². The van der Waals surface area contributed by atoms with Gasteiger partial charge in [0.15, 0.2) is 0 Å². The second-order valence-electron chi connectivity index (χ2n) is 6.90. The molecule has 0 spiro atoms. The molecule has 3 aromatic rings. The van der Waals surface area contributed by atoms with E-state index in [9.17, 15) is 9.59 Å². The summed E-state index contributed by atoms with van der Waals surface area (Å²) in [6.45, 7) is 5.71. The first-order valence-corrected chi connectivity index (χ1v) is 8.11. The predicted molar refractivity (Wildman–Crippen MR) is 97.6 cm³/mol. The SMILES string of the molecule is Cc1cn(C)c(=O)c2c(C(=O)NC(C)(C)c3ccccn3)cn(C)c12. The molecule has 0 saturated carbocycles. The van der Waals surface area contributed by atoms with E-state index < -0.39 is 5.54 Å². The first-order valence-electron chi connectivity index (χ1n) is 8.11. The van der Waals surface area contributed by atoms with Crippen LogP contribution in [0.2, 0.25) is 0 Å². The third-order valence-electron chi connectivity index (χ3n) is 4.45. The third kappa shape index (κ3) is 2.84. The van der Waals surface area contributed by atoms with Gasteiger partial charge in [-0.25, -0.2) is 0 Å². The number of fused-ring (bicyclic) bond motifs is 1. The molecule has 6 heteroatoms. The number of hydrogen-bond acceptors (Lipinski definition) is 3. The second-order valence-corrected chi connectivity index (χ2v) is 6.90. The van der Waals surface area contributed by atoms with Crippen molar-refractivity contribution in [1.29, 1.82) is 0 Å². The molecule has 0 bridgehead atoms. The Morgan fingerprint density at radius 3 is 2.52 bits per heavy atom. The van der Waals surface area contributed by atoms with Crippen LogP contribution in [0.25, 0.3) is 10.9 Å². The van der Waals surface area contributed by atoms with Gasteiger partial charge >= 0.3 is 0 Å². The molecule has 0 aliphatic heterocycles. The van der Waals surface area contributed by atoms with E-state index in [1.165, 1.54) is 4.57 Å². The van der Waals surface area contributed by atoms with Crippen LogP contribution in [0.3, 0.4) is 0 Å². The van der Waals surface area contributed by atoms with Crippen LogP contribution in [-0.4, -0.2) is 20.0 Å². The molecule has 3 heterocycles. The molecule has 0 fully saturated rings. The van der Waals surface area contributed by atoms with Crippen LogP contribution in [0.15, 0.2) is 41.6 Å². The summed E-state index contributed by atoms with van der Waals surface area (Å²) in [5.41, 5.74) is 2.03. The number of rotatable bonds is 3. The molecular weight excluding hydrogens is 316 g/mol. The van der Waals surface area contributed by atoms with Gasteiger partial charge < -0.3 is 14.5 Å². The monoisotopic (exact) mass is 338 g/mol. The largest absolute Gasteiger partial charge is 0.349 e. The minimum Gasteiger partial charge on any atom is -0.349 e. The minimum absolute atomic E-state index is 0.179. The van der Waals surface area contributed by atoms with Gasteiger partial charge in [0, 0.05) is 32.7 Å². The van der Waals surface area contributed by atoms with Crippen molar-refractivity contribution in [3.63, 3.8) is 0 Å². The molecule has 6 nitrogen and oxygen atoms in total. The average molecular weight is 338 g/mol. The van der Waals surface area contributed by atoms with Crippen LogP contribution in [0.4, 0.5) is 0 Å². The maximum absolute atomic E-state index is 12.9. The van der Waals surface area contributed by atoms with Gasteiger partial charge in [-0.3, -0.25) is 14.6 Å². The lowest BCUT2D eigenvalue weighted by atomic mass is 9.99. The number of nitrogens with one attached hydrogen (secondary N) is 1. The van der Waals surface area contributed by atoms with Crippen LogP contribution < -0.4 is 10.9 Å². The summed E-state index contributed by atoms with van der Waals surface area (Å²) in [4.78, 5) is 29.9. The first kappa shape index (κ1) is 17.0. The lowest BCUT2D eigenvalue weighted by Crippen LogP contribution is -2.41. The number of aryl methyl sites for hydroxylation is 3. The molecule has 0 radical (unpaired) electrons. The van der Waals surface area contributed by atoms with Crippen molar-refractivity contribution >= 4 is 16.8 Å². The van der Waals surface area contributed by atoms with Crippen molar-refractivity contribution < 1.29 is 4.79 Å². The van der Waals surface area contributed by atoms with Crippen LogP contribution in [0.5, 0.6) is 0 Å². The van der Waals surface area contributed by atoms with Gasteiger partial charge in [0.05, 0.1) is 27.7 Å². The normalized spacial score (nSPS) is 11.7. The molecule has 1 N–H and O–H groups in total. The maximum atomic E-state index is 12.9. The van der Waals surface area contributed by atoms with Crippen LogP contribution in [-0.2, 0) is 19.6 Å². The van der Waals surface area contributed by atoms with Gasteiger partial charge in [0.2, 0.25) is 0 Å². The van der Waals surface area contributed by atoms with E-state index in [1.807, 2.05) is 50.6 Å². The van der Waals surface area contributed by atoms with E-state index in [0.717, 1.165) is 16.8 Å². The number of pyridine rings is 2. The Hall–Kier alpha value is -2.89. The van der Waals surface area contributed by atoms with Crippen LogP contribution >= 0.6 is 0 Å². The highest BCUT2D eigenvalue weighted by atomic mass is 16.2. The molecule has 130 valence electrons. The Bertz CT molecular complexity index is 1010. The van der Waals surface area contributed by atoms with Gasteiger partial charge in [-0.15, -0.1) is 0 Å². The summed E-state index contributed by atoms with van der Waals surface area (Å²) in [7, 11) is 3.54. The Kier molecular flexibility index (Phi) is 3.99. The molecule has 0 atom stereocenters. The smallest absolute Gasteiger partial charge is 0.260 e. The standard InChI is InChI=1S/C19H22N4O2/c1-12-10-23(5)18(25)15-13(11-22(4)16(12)15)17(24)21-19(2,3)14-8-6-7-9-20-14/h6-11H,1-5H3,(H,21,24). The maximum Gasteiger partial charge on any atom is 0.260 e. The topological polar surface area (TPSA) is 68.9 Å². The summed E-state index contributed by atoms with van der Waals surface area (Å²) >= 11 is 0. The minimum atomic E-state index is -0.657. The number of amides is 1. The van der Waals surface area contributed by atoms with Gasteiger partial charge in [-0.1, -0.05) is 6.07 Å². The highest BCUT2D eigenvalue weighted by molar-refractivity contribution is 6.07. The summed E-state index contributed by atoms with van der Waals surface area (Å²) in [5.74, 6) is -0.288. The highest BCUT2D eigenvalue weighted by Gasteiger charge is 2.27. The average Bonchev–Trinajstić information content (AvgIpc) is 2.91. The summed E-state index contributed by atoms with van der Waals surface area (Å²) < 4.78 is 3.34. The van der Waals surface area contributed by atoms with Crippen molar-refractivity contribution in [3.05, 3.63) is 64.0 Å². The van der Waals surface area contributed by atoms with E-state index in [0.29, 0.717) is 10.9 Å². The highest BCUT2D eigenvalue weighted by Crippen LogP contribution is 2.23. The van der Waals surface area contributed by atoms with Crippen molar-refractivity contribution in [2.75, 3.05) is 0 Å². The molecule has 1 amide bonds. The summed E-state index contributed by atoms with van der Waals surface area (Å²) in [6, 6.07) is 5.58. The molecule has 0 aliphatic carbocycles. The molecule has 0 unspecified atom stereocenters. The Balaban J connectivity index is 2.08. The van der Waals surface area contributed by atoms with Crippen molar-refractivity contribution in [2.24, 2.45) is 14.1 Å². The number of carbonyl (C=O) groups is 1. The quantitative estimate of drug-likeness (QED) is 0.796.